The zero-order valence-electron chi connectivity index (χ0n) is 12.5. The second-order valence-corrected chi connectivity index (χ2v) is 39.7. The number of carboxylic acids is 2. The molecule has 6 nitrogen and oxygen atoms in total. The van der Waals surface area contributed by atoms with E-state index in [1.165, 1.54) is 0 Å². The fraction of sp³-hybridized carbons (Fsp3) is 0.800. The summed E-state index contributed by atoms with van der Waals surface area (Å²) in [6, 6.07) is -1.70. The summed E-state index contributed by atoms with van der Waals surface area (Å²) in [4.78, 5) is 21.9. The third-order valence-electron chi connectivity index (χ3n) is 2.61. The number of carbonyl (C=O) groups is 2. The van der Waals surface area contributed by atoms with Crippen LogP contribution in [0.15, 0.2) is 0 Å². The number of rotatable bonds is 11. The van der Waals surface area contributed by atoms with Gasteiger partial charge in [-0.2, -0.15) is 0 Å². The summed E-state index contributed by atoms with van der Waals surface area (Å²) in [6.07, 6.45) is 0. The first-order valence-corrected chi connectivity index (χ1v) is 24.6. The van der Waals surface area contributed by atoms with Crippen molar-refractivity contribution in [3.8, 4) is 0 Å². The van der Waals surface area contributed by atoms with E-state index in [0.29, 0.717) is 46.6 Å². The van der Waals surface area contributed by atoms with Crippen LogP contribution in [-0.4, -0.2) is 90.4 Å². The van der Waals surface area contributed by atoms with Crippen LogP contribution in [0.3, 0.4) is 0 Å². The first-order chi connectivity index (χ1) is 9.92. The van der Waals surface area contributed by atoms with E-state index in [9.17, 15) is 9.59 Å². The Hall–Kier alpha value is 1.64. The van der Waals surface area contributed by atoms with E-state index in [1.807, 2.05) is 27.7 Å². The summed E-state index contributed by atoms with van der Waals surface area (Å²) < 4.78 is -0.899. The molecule has 0 aromatic carbocycles. The summed E-state index contributed by atoms with van der Waals surface area (Å²) in [5.41, 5.74) is 11.4. The van der Waals surface area contributed by atoms with E-state index < -0.39 is 33.5 Å². The summed E-state index contributed by atoms with van der Waals surface area (Å²) in [5, 5.41) is 17.9. The second kappa shape index (κ2) is 10.6. The van der Waals surface area contributed by atoms with E-state index in [2.05, 4.69) is 0 Å². The van der Waals surface area contributed by atoms with Crippen molar-refractivity contribution >= 4 is 78.9 Å². The van der Waals surface area contributed by atoms with Crippen molar-refractivity contribution in [2.24, 2.45) is 11.5 Å². The Morgan fingerprint density at radius 2 is 1.14 bits per heavy atom. The molecule has 0 aliphatic heterocycles. The van der Waals surface area contributed by atoms with Crippen LogP contribution in [0.25, 0.3) is 0 Å². The van der Waals surface area contributed by atoms with Gasteiger partial charge in [0.15, 0.2) is 0 Å². The van der Waals surface area contributed by atoms with Crippen LogP contribution in [0.1, 0.15) is 27.7 Å². The standard InChI is InChI=1S/C10H20N2O4S2Se4/c1-9(2,5(11)7(13)14)17-19-21-22-20-18-10(3,4)6(12)8(15)16/h5-6H,11-12H2,1-4H3,(H,13,14)(H,15,16). The van der Waals surface area contributed by atoms with Gasteiger partial charge in [-0.3, -0.25) is 0 Å². The molecular weight excluding hydrogens is 592 g/mol. The molecule has 0 saturated carbocycles. The molecule has 0 saturated heterocycles. The summed E-state index contributed by atoms with van der Waals surface area (Å²) in [7, 11) is 3.33. The molecule has 0 aliphatic carbocycles. The van der Waals surface area contributed by atoms with E-state index in [0.717, 1.165) is 0 Å². The van der Waals surface area contributed by atoms with Crippen LogP contribution in [0.2, 0.25) is 0 Å². The maximum absolute atomic E-state index is 10.9. The molecule has 130 valence electrons. The SMILES string of the molecule is CC(C)(S[Se][Se][Se][Se]SC(C)(C)C(N)C(=O)O)C(N)C(=O)O. The van der Waals surface area contributed by atoms with Gasteiger partial charge in [-0.25, -0.2) is 0 Å². The average molecular weight is 612 g/mol. The number of hydrogen-bond donors (Lipinski definition) is 4. The molecule has 0 aromatic rings. The second-order valence-electron chi connectivity index (χ2n) is 5.28. The summed E-state index contributed by atoms with van der Waals surface area (Å²) in [5.74, 6) is -1.93. The predicted octanol–water partition coefficient (Wildman–Crippen LogP) is -0.774. The van der Waals surface area contributed by atoms with Crippen molar-refractivity contribution < 1.29 is 19.8 Å². The van der Waals surface area contributed by atoms with Crippen LogP contribution >= 0.6 is 20.4 Å². The molecule has 12 heteroatoms. The monoisotopic (exact) mass is 616 g/mol. The Bertz CT molecular complexity index is 365. The van der Waals surface area contributed by atoms with Crippen LogP contribution in [-0.2, 0) is 9.59 Å². The van der Waals surface area contributed by atoms with Gasteiger partial charge in [0.05, 0.1) is 0 Å². The zero-order chi connectivity index (χ0) is 17.6. The molecule has 0 amide bonds. The topological polar surface area (TPSA) is 127 Å². The Labute approximate surface area is 158 Å². The van der Waals surface area contributed by atoms with Gasteiger partial charge in [0, 0.05) is 0 Å². The van der Waals surface area contributed by atoms with Gasteiger partial charge >= 0.3 is 159 Å². The van der Waals surface area contributed by atoms with Gasteiger partial charge in [0.25, 0.3) is 0 Å². The molecule has 0 fully saturated rings. The van der Waals surface area contributed by atoms with Crippen LogP contribution < -0.4 is 11.5 Å². The fourth-order valence-corrected chi connectivity index (χ4v) is 77.9. The number of nitrogens with two attached hydrogens (primary N) is 2. The van der Waals surface area contributed by atoms with Gasteiger partial charge in [0.1, 0.15) is 0 Å². The predicted molar refractivity (Wildman–Crippen MR) is 97.6 cm³/mol. The molecular formula is C10H20N2O4S2Se4. The normalized spacial score (nSPS) is 15.4. The van der Waals surface area contributed by atoms with Crippen molar-refractivity contribution in [2.45, 2.75) is 49.3 Å². The van der Waals surface area contributed by atoms with Crippen LogP contribution in [0.5, 0.6) is 0 Å². The molecule has 0 aromatic heterocycles. The molecule has 22 heavy (non-hydrogen) atoms. The number of carboxylic acid groups (broad SMARTS) is 2. The van der Waals surface area contributed by atoms with Crippen molar-refractivity contribution in [2.75, 3.05) is 0 Å². The van der Waals surface area contributed by atoms with E-state index in [-0.39, 0.29) is 0 Å². The molecule has 0 spiro atoms. The van der Waals surface area contributed by atoms with Gasteiger partial charge in [-0.15, -0.1) is 0 Å². The molecule has 2 unspecified atom stereocenters. The van der Waals surface area contributed by atoms with Crippen molar-refractivity contribution in [3.63, 3.8) is 0 Å². The van der Waals surface area contributed by atoms with E-state index >= 15 is 0 Å². The number of aliphatic carboxylic acids is 2. The Morgan fingerprint density at radius 1 is 0.864 bits per heavy atom. The van der Waals surface area contributed by atoms with Gasteiger partial charge < -0.3 is 0 Å². The van der Waals surface area contributed by atoms with Crippen molar-refractivity contribution in [3.05, 3.63) is 0 Å². The third-order valence-corrected chi connectivity index (χ3v) is 58.4. The third kappa shape index (κ3) is 8.65. The molecule has 0 radical (unpaired) electrons. The van der Waals surface area contributed by atoms with Crippen LogP contribution in [0.4, 0.5) is 0 Å². The summed E-state index contributed by atoms with van der Waals surface area (Å²) in [6.45, 7) is 7.48. The Morgan fingerprint density at radius 3 is 1.36 bits per heavy atom. The fourth-order valence-electron chi connectivity index (χ4n) is 0.924. The summed E-state index contributed by atoms with van der Waals surface area (Å²) >= 11 is 1.73. The minimum atomic E-state index is -0.963. The van der Waals surface area contributed by atoms with Gasteiger partial charge in [-0.1, -0.05) is 0 Å². The number of hydrogen-bond acceptors (Lipinski definition) is 6. The molecule has 0 bridgehead atoms. The Balaban J connectivity index is 4.01. The zero-order valence-corrected chi connectivity index (χ0v) is 21.0. The van der Waals surface area contributed by atoms with E-state index in [1.54, 1.807) is 20.4 Å². The minimum absolute atomic E-state index is 0.352. The van der Waals surface area contributed by atoms with E-state index in [4.69, 9.17) is 21.7 Å². The molecule has 6 N–H and O–H groups in total. The average Bonchev–Trinajstić information content (AvgIpc) is 2.40. The van der Waals surface area contributed by atoms with Gasteiger partial charge in [-0.05, 0) is 0 Å². The molecule has 2 atom stereocenters. The van der Waals surface area contributed by atoms with Crippen molar-refractivity contribution in [1.29, 1.82) is 0 Å². The molecule has 0 heterocycles. The van der Waals surface area contributed by atoms with Crippen molar-refractivity contribution in [1.82, 2.24) is 0 Å². The first kappa shape index (κ1) is 23.6. The van der Waals surface area contributed by atoms with Gasteiger partial charge in [0.2, 0.25) is 0 Å². The molecule has 0 aliphatic rings. The quantitative estimate of drug-likeness (QED) is 0.177. The molecule has 0 rings (SSSR count). The van der Waals surface area contributed by atoms with Crippen LogP contribution in [0, 0.1) is 0 Å². The maximum atomic E-state index is 10.9. The Kier molecular flexibility index (Phi) is 11.4. The first-order valence-electron chi connectivity index (χ1n) is 5.92.